The molecule has 0 fully saturated rings. The first-order chi connectivity index (χ1) is 11.9. The highest BCUT2D eigenvalue weighted by molar-refractivity contribution is 5.76. The molecule has 1 aliphatic carbocycles. The van der Waals surface area contributed by atoms with E-state index in [-0.39, 0.29) is 24.3 Å². The number of hydrogen-bond donors (Lipinski definition) is 2. The molecule has 4 nitrogen and oxygen atoms in total. The molecule has 0 unspecified atom stereocenters. The maximum absolute atomic E-state index is 12.3. The number of hydrogen-bond acceptors (Lipinski definition) is 3. The van der Waals surface area contributed by atoms with E-state index in [0.717, 1.165) is 12.0 Å². The topological polar surface area (TPSA) is 73.1 Å². The number of benzene rings is 1. The molecular weight excluding hydrogens is 312 g/mol. The quantitative estimate of drug-likeness (QED) is 0.779. The highest BCUT2D eigenvalue weighted by Gasteiger charge is 2.31. The van der Waals surface area contributed by atoms with Crippen LogP contribution >= 0.6 is 0 Å². The molecule has 25 heavy (non-hydrogen) atoms. The monoisotopic (exact) mass is 340 g/mol. The predicted octanol–water partition coefficient (Wildman–Crippen LogP) is 3.41. The molecule has 4 heteroatoms. The number of aliphatic hydroxyl groups is 1. The second-order valence-corrected chi connectivity index (χ2v) is 7.39. The molecule has 1 aromatic carbocycles. The summed E-state index contributed by atoms with van der Waals surface area (Å²) in [7, 11) is 0. The number of aliphatic hydroxyl groups excluding tert-OH is 1. The Hall–Kier alpha value is -2.12. The number of nitrogens with zero attached hydrogens (tertiary/aromatic N) is 1. The van der Waals surface area contributed by atoms with Crippen molar-refractivity contribution in [3.05, 3.63) is 47.0 Å². The lowest BCUT2D eigenvalue weighted by atomic mass is 9.70. The van der Waals surface area contributed by atoms with Crippen molar-refractivity contribution < 1.29 is 9.90 Å². The van der Waals surface area contributed by atoms with E-state index >= 15 is 0 Å². The van der Waals surface area contributed by atoms with E-state index in [0.29, 0.717) is 30.4 Å². The van der Waals surface area contributed by atoms with Crippen LogP contribution in [0.25, 0.3) is 0 Å². The molecule has 0 bridgehead atoms. The van der Waals surface area contributed by atoms with Gasteiger partial charge in [-0.1, -0.05) is 37.6 Å². The lowest BCUT2D eigenvalue weighted by molar-refractivity contribution is -0.122. The lowest BCUT2D eigenvalue weighted by Gasteiger charge is -2.36. The largest absolute Gasteiger partial charge is 0.396 e. The molecule has 1 aliphatic rings. The summed E-state index contributed by atoms with van der Waals surface area (Å²) in [6, 6.07) is 9.34. The minimum atomic E-state index is 0.0482. The number of nitrogens with one attached hydrogen (secondary N) is 1. The van der Waals surface area contributed by atoms with Crippen LogP contribution < -0.4 is 5.32 Å². The fourth-order valence-electron chi connectivity index (χ4n) is 3.68. The summed E-state index contributed by atoms with van der Waals surface area (Å²) in [6.07, 6.45) is 3.60. The van der Waals surface area contributed by atoms with Crippen LogP contribution in [0, 0.1) is 35.0 Å². The maximum atomic E-state index is 12.3. The Bertz CT molecular complexity index is 655. The summed E-state index contributed by atoms with van der Waals surface area (Å²) in [6.45, 7) is 7.09. The minimum Gasteiger partial charge on any atom is -0.396 e. The average Bonchev–Trinajstić information content (AvgIpc) is 2.61. The van der Waals surface area contributed by atoms with Gasteiger partial charge in [-0.15, -0.1) is 0 Å². The molecule has 2 rings (SSSR count). The third-order valence-electron chi connectivity index (χ3n) is 5.30. The average molecular weight is 340 g/mol. The van der Waals surface area contributed by atoms with Crippen molar-refractivity contribution in [2.45, 2.75) is 40.2 Å². The van der Waals surface area contributed by atoms with Crippen molar-refractivity contribution >= 4 is 5.91 Å². The molecule has 0 saturated heterocycles. The molecule has 0 aromatic heterocycles. The van der Waals surface area contributed by atoms with Crippen molar-refractivity contribution in [2.75, 3.05) is 6.61 Å². The van der Waals surface area contributed by atoms with Crippen LogP contribution in [0.4, 0.5) is 0 Å². The molecule has 0 radical (unpaired) electrons. The molecule has 134 valence electrons. The summed E-state index contributed by atoms with van der Waals surface area (Å²) in [5.74, 6) is 1.41. The van der Waals surface area contributed by atoms with E-state index in [1.54, 1.807) is 12.1 Å². The van der Waals surface area contributed by atoms with Gasteiger partial charge in [0.1, 0.15) is 0 Å². The van der Waals surface area contributed by atoms with Crippen LogP contribution in [0.3, 0.4) is 0 Å². The van der Waals surface area contributed by atoms with Crippen molar-refractivity contribution in [3.63, 3.8) is 0 Å². The number of carbonyl (C=O) groups is 1. The van der Waals surface area contributed by atoms with Gasteiger partial charge in [-0.2, -0.15) is 5.26 Å². The zero-order valence-corrected chi connectivity index (χ0v) is 15.3. The Morgan fingerprint density at radius 2 is 2.04 bits per heavy atom. The highest BCUT2D eigenvalue weighted by atomic mass is 16.3. The third kappa shape index (κ3) is 5.17. The van der Waals surface area contributed by atoms with Crippen molar-refractivity contribution in [3.8, 4) is 6.07 Å². The van der Waals surface area contributed by atoms with Gasteiger partial charge in [-0.25, -0.2) is 0 Å². The van der Waals surface area contributed by atoms with Crippen LogP contribution in [-0.4, -0.2) is 17.6 Å². The summed E-state index contributed by atoms with van der Waals surface area (Å²) < 4.78 is 0. The molecular formula is C21H28N2O2. The normalized spacial score (nSPS) is 23.0. The van der Waals surface area contributed by atoms with Crippen molar-refractivity contribution in [1.29, 1.82) is 5.26 Å². The standard InChI is InChI=1S/C21H28N2O2/c1-14(2)20-9-18(15(3)8-19(20)13-24)10-21(25)23-12-17-6-4-16(11-22)5-7-17/h4-8,14,18-20,24H,9-10,12-13H2,1-3H3,(H,23,25)/t18-,19-,20-/m0/s1. The third-order valence-corrected chi connectivity index (χ3v) is 5.30. The molecule has 0 spiro atoms. The number of amides is 1. The number of allylic oxidation sites excluding steroid dienone is 1. The van der Waals surface area contributed by atoms with E-state index in [1.165, 1.54) is 5.57 Å². The molecule has 0 aliphatic heterocycles. The second kappa shape index (κ2) is 8.82. The van der Waals surface area contributed by atoms with E-state index < -0.39 is 0 Å². The number of rotatable bonds is 6. The highest BCUT2D eigenvalue weighted by Crippen LogP contribution is 2.38. The van der Waals surface area contributed by atoms with Gasteiger partial charge in [-0.05, 0) is 48.8 Å². The van der Waals surface area contributed by atoms with Crippen LogP contribution in [0.5, 0.6) is 0 Å². The summed E-state index contributed by atoms with van der Waals surface area (Å²) in [4.78, 5) is 12.3. The molecule has 0 heterocycles. The van der Waals surface area contributed by atoms with E-state index in [9.17, 15) is 9.90 Å². The first-order valence-corrected chi connectivity index (χ1v) is 8.99. The Balaban J connectivity index is 1.91. The number of carbonyl (C=O) groups excluding carboxylic acids is 1. The first-order valence-electron chi connectivity index (χ1n) is 8.99. The van der Waals surface area contributed by atoms with Crippen LogP contribution in [0.2, 0.25) is 0 Å². The Kier molecular flexibility index (Phi) is 6.78. The molecule has 1 aromatic rings. The van der Waals surface area contributed by atoms with Gasteiger partial charge in [0.15, 0.2) is 0 Å². The molecule has 3 atom stereocenters. The summed E-state index contributed by atoms with van der Waals surface area (Å²) in [5.41, 5.74) is 2.82. The SMILES string of the molecule is CC1=C[C@@H](CO)[C@H](C(C)C)C[C@H]1CC(=O)NCc1ccc(C#N)cc1. The van der Waals surface area contributed by atoms with E-state index in [4.69, 9.17) is 5.26 Å². The lowest BCUT2D eigenvalue weighted by Crippen LogP contribution is -2.32. The number of nitriles is 1. The van der Waals surface area contributed by atoms with E-state index in [1.807, 2.05) is 12.1 Å². The molecule has 1 amide bonds. The van der Waals surface area contributed by atoms with Crippen molar-refractivity contribution in [2.24, 2.45) is 23.7 Å². The van der Waals surface area contributed by atoms with Crippen LogP contribution in [-0.2, 0) is 11.3 Å². The van der Waals surface area contributed by atoms with Gasteiger partial charge in [0.25, 0.3) is 0 Å². The molecule has 2 N–H and O–H groups in total. The Morgan fingerprint density at radius 1 is 1.36 bits per heavy atom. The fraction of sp³-hybridized carbons (Fsp3) is 0.524. The van der Waals surface area contributed by atoms with Gasteiger partial charge in [0.2, 0.25) is 5.91 Å². The Labute approximate surface area is 150 Å². The van der Waals surface area contributed by atoms with Crippen LogP contribution in [0.1, 0.15) is 44.7 Å². The Morgan fingerprint density at radius 3 is 2.60 bits per heavy atom. The second-order valence-electron chi connectivity index (χ2n) is 7.39. The van der Waals surface area contributed by atoms with E-state index in [2.05, 4.69) is 38.2 Å². The fourth-order valence-corrected chi connectivity index (χ4v) is 3.68. The predicted molar refractivity (Wildman–Crippen MR) is 98.4 cm³/mol. The summed E-state index contributed by atoms with van der Waals surface area (Å²) >= 11 is 0. The zero-order valence-electron chi connectivity index (χ0n) is 15.3. The smallest absolute Gasteiger partial charge is 0.220 e. The van der Waals surface area contributed by atoms with Gasteiger partial charge in [0, 0.05) is 25.5 Å². The maximum Gasteiger partial charge on any atom is 0.220 e. The summed E-state index contributed by atoms with van der Waals surface area (Å²) in [5, 5.41) is 21.4. The van der Waals surface area contributed by atoms with Gasteiger partial charge >= 0.3 is 0 Å². The molecule has 0 saturated carbocycles. The van der Waals surface area contributed by atoms with Gasteiger partial charge < -0.3 is 10.4 Å². The van der Waals surface area contributed by atoms with Gasteiger partial charge in [-0.3, -0.25) is 4.79 Å². The first kappa shape index (κ1) is 19.2. The van der Waals surface area contributed by atoms with Crippen LogP contribution in [0.15, 0.2) is 35.9 Å². The van der Waals surface area contributed by atoms with Gasteiger partial charge in [0.05, 0.1) is 11.6 Å². The van der Waals surface area contributed by atoms with Crippen molar-refractivity contribution in [1.82, 2.24) is 5.32 Å². The minimum absolute atomic E-state index is 0.0482. The zero-order chi connectivity index (χ0) is 18.4.